The maximum atomic E-state index is 13.9. The highest BCUT2D eigenvalue weighted by molar-refractivity contribution is 7.98. The number of benzene rings is 1. The van der Waals surface area contributed by atoms with Crippen molar-refractivity contribution in [2.75, 3.05) is 31.6 Å². The van der Waals surface area contributed by atoms with Gasteiger partial charge in [0.15, 0.2) is 5.96 Å². The van der Waals surface area contributed by atoms with Crippen molar-refractivity contribution in [2.24, 2.45) is 27.9 Å². The van der Waals surface area contributed by atoms with E-state index >= 15 is 0 Å². The number of carbonyl (C=O) groups is 11. The number of guanidine groups is 1. The van der Waals surface area contributed by atoms with Crippen molar-refractivity contribution in [1.29, 1.82) is 0 Å². The van der Waals surface area contributed by atoms with E-state index in [9.17, 15) is 68.1 Å². The van der Waals surface area contributed by atoms with Crippen LogP contribution in [0.5, 0.6) is 0 Å². The number of primary amides is 1. The molecule has 8 amide bonds. The summed E-state index contributed by atoms with van der Waals surface area (Å²) in [7, 11) is 0. The number of carboxylic acids is 3. The smallest absolute Gasteiger partial charge is 0.326 e. The van der Waals surface area contributed by atoms with Crippen LogP contribution in [0.25, 0.3) is 0 Å². The van der Waals surface area contributed by atoms with Gasteiger partial charge < -0.3 is 75.1 Å². The van der Waals surface area contributed by atoms with E-state index in [2.05, 4.69) is 36.9 Å². The van der Waals surface area contributed by atoms with Crippen LogP contribution in [0.4, 0.5) is 0 Å². The number of amides is 8. The number of aliphatic imine (C=N–C) groups is 1. The molecular formula is C39H58N12O14S. The highest BCUT2D eigenvalue weighted by Gasteiger charge is 2.39. The molecular weight excluding hydrogens is 893 g/mol. The van der Waals surface area contributed by atoms with Gasteiger partial charge in [-0.3, -0.25) is 52.9 Å². The van der Waals surface area contributed by atoms with Crippen LogP contribution in [0.3, 0.4) is 0 Å². The average Bonchev–Trinajstić information content (AvgIpc) is 3.74. The number of thioether (sulfide) groups is 1. The van der Waals surface area contributed by atoms with Gasteiger partial charge in [0.05, 0.1) is 31.8 Å². The summed E-state index contributed by atoms with van der Waals surface area (Å²) < 4.78 is 0. The van der Waals surface area contributed by atoms with Crippen molar-refractivity contribution < 1.29 is 68.1 Å². The van der Waals surface area contributed by atoms with Gasteiger partial charge in [0.2, 0.25) is 47.3 Å². The van der Waals surface area contributed by atoms with Gasteiger partial charge in [-0.2, -0.15) is 11.8 Å². The molecule has 66 heavy (non-hydrogen) atoms. The van der Waals surface area contributed by atoms with E-state index in [4.69, 9.17) is 22.9 Å². The average molecular weight is 951 g/mol. The lowest BCUT2D eigenvalue weighted by Crippen LogP contribution is -2.59. The molecule has 0 bridgehead atoms. The SMILES string of the molecule is CSCC[C@H](NC(=O)CNC(=O)[C@H](CCCN=C(N)N)NC(=O)[C@H](CC(=O)O)NC(=O)[C@@H](N)CC(N)=O)C(=O)N[C@@H](Cc1ccccc1)C(=O)N[C@@H](CC(=O)O)C(=O)N1CCC[C@H]1C(=O)O. The Labute approximate surface area is 382 Å². The molecule has 2 rings (SSSR count). The first kappa shape index (κ1) is 55.1. The number of nitrogens with zero attached hydrogens (tertiary/aromatic N) is 2. The molecule has 26 nitrogen and oxygen atoms in total. The van der Waals surface area contributed by atoms with Crippen molar-refractivity contribution in [3.8, 4) is 0 Å². The first-order valence-corrected chi connectivity index (χ1v) is 21.9. The van der Waals surface area contributed by atoms with E-state index in [1.807, 2.05) is 0 Å². The fourth-order valence-corrected chi connectivity index (χ4v) is 6.99. The number of carbonyl (C=O) groups excluding carboxylic acids is 8. The quantitative estimate of drug-likeness (QED) is 0.0203. The van der Waals surface area contributed by atoms with E-state index in [0.29, 0.717) is 17.7 Å². The molecule has 0 saturated carbocycles. The van der Waals surface area contributed by atoms with Gasteiger partial charge in [0.25, 0.3) is 0 Å². The third-order valence-corrected chi connectivity index (χ3v) is 10.4. The lowest BCUT2D eigenvalue weighted by molar-refractivity contribution is -0.150. The van der Waals surface area contributed by atoms with Gasteiger partial charge in [-0.1, -0.05) is 30.3 Å². The van der Waals surface area contributed by atoms with E-state index in [0.717, 1.165) is 4.90 Å². The Balaban J connectivity index is 2.29. The molecule has 0 spiro atoms. The number of hydrogen-bond donors (Lipinski definition) is 13. The van der Waals surface area contributed by atoms with Crippen molar-refractivity contribution >= 4 is 82.9 Å². The zero-order chi connectivity index (χ0) is 49.5. The maximum Gasteiger partial charge on any atom is 0.326 e. The fraction of sp³-hybridized carbons (Fsp3) is 0.538. The molecule has 0 aliphatic carbocycles. The number of likely N-dealkylation sites (tertiary alicyclic amines) is 1. The molecule has 1 aromatic rings. The van der Waals surface area contributed by atoms with Gasteiger partial charge in [-0.25, -0.2) is 4.79 Å². The second-order valence-corrected chi connectivity index (χ2v) is 16.0. The molecule has 1 aliphatic heterocycles. The Kier molecular flexibility index (Phi) is 23.4. The van der Waals surface area contributed by atoms with Crippen molar-refractivity contribution in [1.82, 2.24) is 36.8 Å². The minimum atomic E-state index is -1.79. The van der Waals surface area contributed by atoms with E-state index in [1.165, 1.54) is 11.8 Å². The fourth-order valence-electron chi connectivity index (χ4n) is 6.52. The van der Waals surface area contributed by atoms with Gasteiger partial charge in [-0.05, 0) is 49.7 Å². The van der Waals surface area contributed by atoms with Crippen LogP contribution in [0.1, 0.15) is 56.9 Å². The minimum absolute atomic E-state index is 0.00127. The third-order valence-electron chi connectivity index (χ3n) is 9.76. The molecule has 1 fully saturated rings. The van der Waals surface area contributed by atoms with Crippen LogP contribution >= 0.6 is 11.8 Å². The summed E-state index contributed by atoms with van der Waals surface area (Å²) in [5, 5.41) is 42.8. The number of nitrogens with two attached hydrogens (primary N) is 4. The molecule has 364 valence electrons. The molecule has 1 aromatic carbocycles. The van der Waals surface area contributed by atoms with Crippen molar-refractivity contribution in [3.63, 3.8) is 0 Å². The Bertz CT molecular complexity index is 1950. The van der Waals surface area contributed by atoms with Gasteiger partial charge in [0, 0.05) is 19.5 Å². The van der Waals surface area contributed by atoms with Gasteiger partial charge in [-0.15, -0.1) is 0 Å². The number of nitrogens with one attached hydrogen (secondary N) is 6. The van der Waals surface area contributed by atoms with Crippen molar-refractivity contribution in [3.05, 3.63) is 35.9 Å². The Morgan fingerprint density at radius 2 is 1.29 bits per heavy atom. The summed E-state index contributed by atoms with van der Waals surface area (Å²) >= 11 is 1.31. The molecule has 0 aromatic heterocycles. The monoisotopic (exact) mass is 950 g/mol. The molecule has 0 radical (unpaired) electrons. The summed E-state index contributed by atoms with van der Waals surface area (Å²) in [6, 6.07) is -2.19. The summed E-state index contributed by atoms with van der Waals surface area (Å²) in [4.78, 5) is 145. The lowest BCUT2D eigenvalue weighted by atomic mass is 10.0. The van der Waals surface area contributed by atoms with E-state index < -0.39 is 133 Å². The summed E-state index contributed by atoms with van der Waals surface area (Å²) in [6.07, 6.45) is -0.571. The van der Waals surface area contributed by atoms with Crippen LogP contribution in [0, 0.1) is 0 Å². The van der Waals surface area contributed by atoms with E-state index in [1.54, 1.807) is 36.6 Å². The summed E-state index contributed by atoms with van der Waals surface area (Å²) in [6.45, 7) is -0.781. The molecule has 1 saturated heterocycles. The first-order chi connectivity index (χ1) is 31.1. The predicted molar refractivity (Wildman–Crippen MR) is 234 cm³/mol. The molecule has 17 N–H and O–H groups in total. The molecule has 27 heteroatoms. The summed E-state index contributed by atoms with van der Waals surface area (Å²) in [5.41, 5.74) is 22.0. The second-order valence-electron chi connectivity index (χ2n) is 15.0. The van der Waals surface area contributed by atoms with Crippen LogP contribution in [0.15, 0.2) is 35.3 Å². The summed E-state index contributed by atoms with van der Waals surface area (Å²) in [5.74, 6) is -12.1. The normalized spacial score (nSPS) is 15.8. The lowest BCUT2D eigenvalue weighted by Gasteiger charge is -2.28. The molecule has 1 heterocycles. The van der Waals surface area contributed by atoms with Crippen molar-refractivity contribution in [2.45, 2.75) is 100 Å². The highest BCUT2D eigenvalue weighted by atomic mass is 32.2. The molecule has 0 unspecified atom stereocenters. The second kappa shape index (κ2) is 28.0. The zero-order valence-electron chi connectivity index (χ0n) is 36.1. The number of hydrogen-bond acceptors (Lipinski definition) is 14. The van der Waals surface area contributed by atoms with Crippen LogP contribution in [0.2, 0.25) is 0 Å². The minimum Gasteiger partial charge on any atom is -0.481 e. The van der Waals surface area contributed by atoms with Crippen LogP contribution < -0.4 is 54.8 Å². The topological polar surface area (TPSA) is 440 Å². The van der Waals surface area contributed by atoms with Crippen LogP contribution in [-0.4, -0.2) is 165 Å². The largest absolute Gasteiger partial charge is 0.481 e. The van der Waals surface area contributed by atoms with Gasteiger partial charge in [0.1, 0.15) is 36.3 Å². The Hall–Kier alpha value is -7.03. The Morgan fingerprint density at radius 3 is 1.88 bits per heavy atom. The number of aliphatic carboxylic acids is 3. The predicted octanol–water partition coefficient (Wildman–Crippen LogP) is -5.20. The third kappa shape index (κ3) is 19.8. The first-order valence-electron chi connectivity index (χ1n) is 20.5. The Morgan fingerprint density at radius 1 is 0.727 bits per heavy atom. The van der Waals surface area contributed by atoms with E-state index in [-0.39, 0.29) is 51.2 Å². The molecule has 1 aliphatic rings. The number of carboxylic acid groups (broad SMARTS) is 3. The zero-order valence-corrected chi connectivity index (χ0v) is 36.9. The molecule has 7 atom stereocenters. The maximum absolute atomic E-state index is 13.9. The van der Waals surface area contributed by atoms with Gasteiger partial charge >= 0.3 is 17.9 Å². The number of rotatable bonds is 29. The standard InChI is InChI=1S/C39H58N12O14S/c1-66-14-11-23(34(60)49-24(15-20-7-3-2-4-8-20)35(61)50-26(18-31(56)57)37(63)51-13-6-10-27(51)38(64)65)46-29(53)19-45-33(59)22(9-5-12-44-39(42)43)47-36(62)25(17-30(54)55)48-32(58)21(40)16-28(41)52/h2-4,7-8,21-27H,5-6,9-19,40H2,1H3,(H2,41,52)(H,45,59)(H,46,53)(H,47,62)(H,48,58)(H,49,60)(H,50,61)(H,54,55)(H,56,57)(H,64,65)(H4,42,43,44)/t21-,22-,23-,24-,25-,26-,27-/m0/s1. The highest BCUT2D eigenvalue weighted by Crippen LogP contribution is 2.19. The van der Waals surface area contributed by atoms with Crippen LogP contribution in [-0.2, 0) is 59.2 Å².